The number of nitrogens with zero attached hydrogens (tertiary/aromatic N) is 2. The molecule has 2 aliphatic rings. The van der Waals surface area contributed by atoms with Crippen LogP contribution < -0.4 is 36.6 Å². The molecule has 8 nitrogen and oxygen atoms in total. The number of piperazine rings is 1. The number of allylic oxidation sites excluding steroid dienone is 2. The van der Waals surface area contributed by atoms with Gasteiger partial charge in [-0.25, -0.2) is 0 Å². The van der Waals surface area contributed by atoms with Gasteiger partial charge in [0.25, 0.3) is 0 Å². The number of rotatable bonds is 7. The molecule has 0 aliphatic carbocycles. The van der Waals surface area contributed by atoms with Crippen molar-refractivity contribution >= 4 is 47.1 Å². The van der Waals surface area contributed by atoms with Gasteiger partial charge in [-0.05, 0) is 43.7 Å². The third-order valence-electron chi connectivity index (χ3n) is 5.93. The van der Waals surface area contributed by atoms with Crippen molar-refractivity contribution in [3.63, 3.8) is 0 Å². The van der Waals surface area contributed by atoms with Gasteiger partial charge in [0.15, 0.2) is 11.8 Å². The lowest BCUT2D eigenvalue weighted by Gasteiger charge is -2.31. The van der Waals surface area contributed by atoms with E-state index in [2.05, 4.69) is 38.5 Å². The summed E-state index contributed by atoms with van der Waals surface area (Å²) in [5.74, 6) is 1.23. The van der Waals surface area contributed by atoms with Gasteiger partial charge >= 0.3 is 0 Å². The average molecular weight is 515 g/mol. The van der Waals surface area contributed by atoms with Gasteiger partial charge in [-0.15, -0.1) is 0 Å². The van der Waals surface area contributed by atoms with Crippen molar-refractivity contribution in [1.82, 2.24) is 5.32 Å². The highest BCUT2D eigenvalue weighted by Crippen LogP contribution is 2.41. The van der Waals surface area contributed by atoms with E-state index < -0.39 is 7.14 Å². The topological polar surface area (TPSA) is 104 Å². The van der Waals surface area contributed by atoms with Gasteiger partial charge in [0.1, 0.15) is 12.9 Å². The quantitative estimate of drug-likeness (QED) is 0.193. The second-order valence-electron chi connectivity index (χ2n) is 8.79. The van der Waals surface area contributed by atoms with E-state index in [1.807, 2.05) is 30.3 Å². The van der Waals surface area contributed by atoms with Crippen LogP contribution in [0.4, 0.5) is 17.1 Å². The molecule has 0 bridgehead atoms. The van der Waals surface area contributed by atoms with E-state index in [1.165, 1.54) is 17.3 Å². The lowest BCUT2D eigenvalue weighted by molar-refractivity contribution is 0.358. The summed E-state index contributed by atoms with van der Waals surface area (Å²) in [4.78, 5) is 6.87. The van der Waals surface area contributed by atoms with Crippen molar-refractivity contribution in [3.8, 4) is 5.75 Å². The molecular weight excluding hydrogens is 483 g/mol. The van der Waals surface area contributed by atoms with Crippen LogP contribution in [0, 0.1) is 0 Å². The zero-order chi connectivity index (χ0) is 25.0. The molecule has 35 heavy (non-hydrogen) atoms. The number of para-hydroxylation sites is 1. The molecule has 10 heteroatoms. The lowest BCUT2D eigenvalue weighted by Crippen LogP contribution is -2.43. The van der Waals surface area contributed by atoms with Crippen LogP contribution >= 0.6 is 18.7 Å². The van der Waals surface area contributed by atoms with Crippen molar-refractivity contribution in [2.75, 3.05) is 61.6 Å². The van der Waals surface area contributed by atoms with Crippen LogP contribution in [0.1, 0.15) is 5.56 Å². The summed E-state index contributed by atoms with van der Waals surface area (Å²) in [5.41, 5.74) is 10.1. The third-order valence-corrected chi connectivity index (χ3v) is 7.81. The molecule has 186 valence electrons. The van der Waals surface area contributed by atoms with Crippen LogP contribution in [0.15, 0.2) is 64.9 Å². The number of hydrogen-bond donors (Lipinski definition) is 4. The summed E-state index contributed by atoms with van der Waals surface area (Å²) in [7, 11) is -2.54. The average Bonchev–Trinajstić information content (AvgIpc) is 3.34. The fourth-order valence-corrected chi connectivity index (χ4v) is 5.53. The highest BCUT2D eigenvalue weighted by atomic mass is 35.5. The Hall–Kier alpha value is -2.93. The largest absolute Gasteiger partial charge is 0.491 e. The summed E-state index contributed by atoms with van der Waals surface area (Å²) < 4.78 is 18.7. The van der Waals surface area contributed by atoms with E-state index in [0.29, 0.717) is 23.4 Å². The minimum atomic E-state index is -2.54. The van der Waals surface area contributed by atoms with Gasteiger partial charge in [-0.2, -0.15) is 4.99 Å². The standard InChI is InChI=1S/C25H32ClN6O2P/c1-4-18(26)24(29-19-7-5-6-8-22(19)35(2,3)33)31-25(27)30-20-9-10-21(17-11-16-34-23(17)20)32-14-12-28-13-15-32/h4-10,28-29H,1,11-16H2,2-3H3,(H3,27,30,31)/b24-18+. The Morgan fingerprint density at radius 1 is 1.20 bits per heavy atom. The SMILES string of the molecule is C=C/C(Cl)=C(\N=C(N)Nc1ccc(N2CCNCC2)c2c1OCC2)Nc1ccccc1P(C)(C)=O. The Morgan fingerprint density at radius 3 is 2.66 bits per heavy atom. The lowest BCUT2D eigenvalue weighted by atomic mass is 10.1. The van der Waals surface area contributed by atoms with E-state index in [9.17, 15) is 4.57 Å². The fourth-order valence-electron chi connectivity index (χ4n) is 4.28. The first-order chi connectivity index (χ1) is 16.8. The van der Waals surface area contributed by atoms with Gasteiger partial charge < -0.3 is 35.9 Å². The van der Waals surface area contributed by atoms with Crippen LogP contribution in [0.25, 0.3) is 0 Å². The van der Waals surface area contributed by atoms with E-state index in [-0.39, 0.29) is 11.0 Å². The molecule has 0 saturated carbocycles. The zero-order valence-corrected chi connectivity index (χ0v) is 21.8. The number of hydrogen-bond acceptors (Lipinski definition) is 6. The molecule has 0 aromatic heterocycles. The number of nitrogens with one attached hydrogen (secondary N) is 3. The summed E-state index contributed by atoms with van der Waals surface area (Å²) in [6, 6.07) is 11.4. The number of guanidine groups is 1. The molecule has 2 aliphatic heterocycles. The number of anilines is 3. The fraction of sp³-hybridized carbons (Fsp3) is 0.320. The second-order valence-corrected chi connectivity index (χ2v) is 12.4. The molecule has 2 heterocycles. The highest BCUT2D eigenvalue weighted by Gasteiger charge is 2.24. The second kappa shape index (κ2) is 10.8. The molecule has 2 aromatic carbocycles. The van der Waals surface area contributed by atoms with E-state index in [0.717, 1.165) is 44.0 Å². The van der Waals surface area contributed by atoms with Crippen molar-refractivity contribution in [2.24, 2.45) is 10.7 Å². The molecule has 0 radical (unpaired) electrons. The van der Waals surface area contributed by atoms with Gasteiger partial charge in [-0.3, -0.25) is 0 Å². The predicted octanol–water partition coefficient (Wildman–Crippen LogP) is 3.71. The maximum Gasteiger partial charge on any atom is 0.199 e. The van der Waals surface area contributed by atoms with Gasteiger partial charge in [0.05, 0.1) is 23.0 Å². The maximum atomic E-state index is 12.8. The predicted molar refractivity (Wildman–Crippen MR) is 148 cm³/mol. The Kier molecular flexibility index (Phi) is 7.75. The summed E-state index contributed by atoms with van der Waals surface area (Å²) in [5, 5.41) is 10.7. The molecule has 0 amide bonds. The molecule has 0 unspecified atom stereocenters. The molecule has 5 N–H and O–H groups in total. The Balaban J connectivity index is 1.60. The normalized spacial score (nSPS) is 16.8. The monoisotopic (exact) mass is 514 g/mol. The number of fused-ring (bicyclic) bond motifs is 1. The Morgan fingerprint density at radius 2 is 1.94 bits per heavy atom. The Labute approximate surface area is 211 Å². The first-order valence-electron chi connectivity index (χ1n) is 11.6. The molecule has 0 atom stereocenters. The Bertz CT molecular complexity index is 1220. The number of aliphatic imine (C=N–C) groups is 1. The van der Waals surface area contributed by atoms with Crippen molar-refractivity contribution < 1.29 is 9.30 Å². The molecule has 0 spiro atoms. The molecule has 1 saturated heterocycles. The van der Waals surface area contributed by atoms with Crippen molar-refractivity contribution in [3.05, 3.63) is 65.5 Å². The van der Waals surface area contributed by atoms with Gasteiger partial charge in [-0.1, -0.05) is 30.3 Å². The first-order valence-corrected chi connectivity index (χ1v) is 14.5. The van der Waals surface area contributed by atoms with Crippen molar-refractivity contribution in [1.29, 1.82) is 0 Å². The van der Waals surface area contributed by atoms with Crippen LogP contribution in [-0.4, -0.2) is 52.1 Å². The maximum absolute atomic E-state index is 12.8. The van der Waals surface area contributed by atoms with Crippen LogP contribution in [-0.2, 0) is 11.0 Å². The molecule has 1 fully saturated rings. The zero-order valence-electron chi connectivity index (χ0n) is 20.1. The van der Waals surface area contributed by atoms with Gasteiger partial charge in [0.2, 0.25) is 0 Å². The van der Waals surface area contributed by atoms with Gasteiger partial charge in [0, 0.05) is 49.2 Å². The van der Waals surface area contributed by atoms with E-state index >= 15 is 0 Å². The summed E-state index contributed by atoms with van der Waals surface area (Å²) in [6.07, 6.45) is 2.32. The van der Waals surface area contributed by atoms with E-state index in [4.69, 9.17) is 22.1 Å². The number of benzene rings is 2. The molecular formula is C25H32ClN6O2P. The van der Waals surface area contributed by atoms with Crippen molar-refractivity contribution in [2.45, 2.75) is 6.42 Å². The van der Waals surface area contributed by atoms with Crippen LogP contribution in [0.5, 0.6) is 5.75 Å². The third kappa shape index (κ3) is 5.84. The van der Waals surface area contributed by atoms with E-state index in [1.54, 1.807) is 13.3 Å². The number of halogens is 1. The minimum Gasteiger partial charge on any atom is -0.491 e. The number of ether oxygens (including phenoxy) is 1. The smallest absolute Gasteiger partial charge is 0.199 e. The minimum absolute atomic E-state index is 0.133. The molecule has 4 rings (SSSR count). The first kappa shape index (κ1) is 25.2. The van der Waals surface area contributed by atoms with Crippen LogP contribution in [0.3, 0.4) is 0 Å². The summed E-state index contributed by atoms with van der Waals surface area (Å²) in [6.45, 7) is 11.7. The van der Waals surface area contributed by atoms with Crippen LogP contribution in [0.2, 0.25) is 0 Å². The summed E-state index contributed by atoms with van der Waals surface area (Å²) >= 11 is 6.40. The molecule has 2 aromatic rings. The number of nitrogens with two attached hydrogens (primary N) is 1. The highest BCUT2D eigenvalue weighted by molar-refractivity contribution is 7.70.